The van der Waals surface area contributed by atoms with Gasteiger partial charge in [0.15, 0.2) is 0 Å². The van der Waals surface area contributed by atoms with Gasteiger partial charge < -0.3 is 29.2 Å². The van der Waals surface area contributed by atoms with Gasteiger partial charge in [-0.2, -0.15) is 0 Å². The number of aromatic nitrogens is 2. The van der Waals surface area contributed by atoms with Gasteiger partial charge in [-0.15, -0.1) is 0 Å². The molecule has 0 fully saturated rings. The number of nitrogens with zero attached hydrogens (tertiary/aromatic N) is 2. The van der Waals surface area contributed by atoms with E-state index >= 15 is 0 Å². The summed E-state index contributed by atoms with van der Waals surface area (Å²) in [5, 5.41) is 6.41. The molecule has 25 heavy (non-hydrogen) atoms. The van der Waals surface area contributed by atoms with Crippen molar-refractivity contribution in [3.8, 4) is 0 Å². The first-order chi connectivity index (χ1) is 11.5. The van der Waals surface area contributed by atoms with Gasteiger partial charge in [-0.1, -0.05) is 30.3 Å². The third kappa shape index (κ3) is 4.86. The molecule has 11 heteroatoms. The van der Waals surface area contributed by atoms with Gasteiger partial charge in [0.25, 0.3) is 5.08 Å². The Bertz CT molecular complexity index is 775. The number of benzene rings is 1. The lowest BCUT2D eigenvalue weighted by molar-refractivity contribution is 0.115. The molecule has 9 nitrogen and oxygen atoms in total. The summed E-state index contributed by atoms with van der Waals surface area (Å²) in [6.45, 7) is -0.965. The smallest absolute Gasteiger partial charge is 0.366 e. The Kier molecular flexibility index (Phi) is 6.01. The van der Waals surface area contributed by atoms with Crippen LogP contribution in [0.2, 0.25) is 0 Å². The molecule has 0 saturated carbocycles. The van der Waals surface area contributed by atoms with Crippen LogP contribution in [0.5, 0.6) is 0 Å². The molecule has 2 aromatic rings. The molecule has 1 heterocycles. The molecule has 0 bridgehead atoms. The minimum absolute atomic E-state index is 0.576. The van der Waals surface area contributed by atoms with E-state index in [1.165, 1.54) is 18.1 Å². The highest BCUT2D eigenvalue weighted by Crippen LogP contribution is 2.67. The molecule has 5 N–H and O–H groups in total. The molecule has 0 radical (unpaired) electrons. The van der Waals surface area contributed by atoms with E-state index in [1.54, 1.807) is 0 Å². The second-order valence-corrected chi connectivity index (χ2v) is 9.75. The standard InChI is InChI=1S/C14H20N2O7P2/c17-14(24(18,19)20,25(21,22)23)10-16-9-13(15-11-16)8-4-7-12-5-2-1-3-6-12/h1-3,5-6,9,11,17H,4,7-8,10H2,(H2,18,19,20)(H2,21,22,23). The van der Waals surface area contributed by atoms with Gasteiger partial charge in [-0.3, -0.25) is 9.13 Å². The topological polar surface area (TPSA) is 153 Å². The number of aliphatic hydroxyl groups is 1. The number of hydrogen-bond donors (Lipinski definition) is 5. The Hall–Kier alpha value is -1.31. The van der Waals surface area contributed by atoms with Crippen molar-refractivity contribution in [3.05, 3.63) is 54.1 Å². The van der Waals surface area contributed by atoms with Crippen LogP contribution in [0.1, 0.15) is 17.7 Å². The van der Waals surface area contributed by atoms with Gasteiger partial charge in [-0.25, -0.2) is 4.98 Å². The summed E-state index contributed by atoms with van der Waals surface area (Å²) >= 11 is 0. The molecular formula is C14H20N2O7P2. The molecule has 0 unspecified atom stereocenters. The van der Waals surface area contributed by atoms with Crippen molar-refractivity contribution >= 4 is 15.2 Å². The number of rotatable bonds is 8. The predicted octanol–water partition coefficient (Wildman–Crippen LogP) is 1.06. The van der Waals surface area contributed by atoms with E-state index in [4.69, 9.17) is 19.6 Å². The van der Waals surface area contributed by atoms with Crippen LogP contribution < -0.4 is 0 Å². The number of imidazole rings is 1. The van der Waals surface area contributed by atoms with Crippen molar-refractivity contribution in [3.63, 3.8) is 0 Å². The maximum atomic E-state index is 11.4. The molecule has 2 rings (SSSR count). The number of hydrogen-bond acceptors (Lipinski definition) is 4. The van der Waals surface area contributed by atoms with E-state index in [9.17, 15) is 14.2 Å². The Morgan fingerprint density at radius 3 is 2.16 bits per heavy atom. The van der Waals surface area contributed by atoms with E-state index in [0.29, 0.717) is 12.1 Å². The summed E-state index contributed by atoms with van der Waals surface area (Å²) in [7, 11) is -11.0. The normalized spacial score (nSPS) is 13.2. The van der Waals surface area contributed by atoms with Crippen molar-refractivity contribution in [1.29, 1.82) is 0 Å². The van der Waals surface area contributed by atoms with Crippen LogP contribution in [0, 0.1) is 0 Å². The lowest BCUT2D eigenvalue weighted by Crippen LogP contribution is -2.33. The fourth-order valence-corrected chi connectivity index (χ4v) is 4.39. The van der Waals surface area contributed by atoms with Gasteiger partial charge in [-0.05, 0) is 24.8 Å². The highest BCUT2D eigenvalue weighted by atomic mass is 31.2. The summed E-state index contributed by atoms with van der Waals surface area (Å²) in [5.41, 5.74) is 1.76. The summed E-state index contributed by atoms with van der Waals surface area (Å²) in [5.74, 6) is 0. The maximum absolute atomic E-state index is 11.4. The zero-order valence-electron chi connectivity index (χ0n) is 13.2. The molecule has 1 aromatic heterocycles. The van der Waals surface area contributed by atoms with Crippen LogP contribution in [-0.2, 0) is 28.5 Å². The second-order valence-electron chi connectivity index (χ2n) is 5.74. The van der Waals surface area contributed by atoms with Crippen molar-refractivity contribution in [2.75, 3.05) is 0 Å². The van der Waals surface area contributed by atoms with Crippen LogP contribution >= 0.6 is 15.2 Å². The predicted molar refractivity (Wildman–Crippen MR) is 89.7 cm³/mol. The molecule has 0 amide bonds. The molecule has 138 valence electrons. The Morgan fingerprint density at radius 1 is 1.00 bits per heavy atom. The minimum Gasteiger partial charge on any atom is -0.366 e. The molecule has 1 aromatic carbocycles. The second kappa shape index (κ2) is 7.51. The lowest BCUT2D eigenvalue weighted by atomic mass is 10.1. The molecule has 0 atom stereocenters. The van der Waals surface area contributed by atoms with E-state index in [0.717, 1.165) is 17.4 Å². The van der Waals surface area contributed by atoms with Crippen molar-refractivity contribution in [2.24, 2.45) is 0 Å². The van der Waals surface area contributed by atoms with E-state index in [-0.39, 0.29) is 0 Å². The lowest BCUT2D eigenvalue weighted by Gasteiger charge is -2.29. The van der Waals surface area contributed by atoms with Crippen LogP contribution in [0.25, 0.3) is 0 Å². The minimum atomic E-state index is -5.48. The van der Waals surface area contributed by atoms with Gasteiger partial charge in [0.1, 0.15) is 0 Å². The molecule has 0 saturated heterocycles. The van der Waals surface area contributed by atoms with Gasteiger partial charge in [0.2, 0.25) is 0 Å². The highest BCUT2D eigenvalue weighted by Gasteiger charge is 2.59. The number of aryl methyl sites for hydroxylation is 2. The maximum Gasteiger partial charge on any atom is 0.371 e. The van der Waals surface area contributed by atoms with E-state index in [1.807, 2.05) is 30.3 Å². The fourth-order valence-electron chi connectivity index (χ4n) is 2.34. The average molecular weight is 390 g/mol. The zero-order chi connectivity index (χ0) is 18.7. The molecule has 0 aliphatic rings. The summed E-state index contributed by atoms with van der Waals surface area (Å²) in [6.07, 6.45) is 4.76. The Labute approximate surface area is 144 Å². The third-order valence-electron chi connectivity index (χ3n) is 3.76. The Balaban J connectivity index is 2.03. The first kappa shape index (κ1) is 20.0. The quantitative estimate of drug-likeness (QED) is 0.420. The summed E-state index contributed by atoms with van der Waals surface area (Å²) < 4.78 is 23.8. The van der Waals surface area contributed by atoms with E-state index in [2.05, 4.69) is 4.98 Å². The van der Waals surface area contributed by atoms with Crippen LogP contribution in [0.4, 0.5) is 0 Å². The van der Waals surface area contributed by atoms with Crippen LogP contribution in [0.3, 0.4) is 0 Å². The highest BCUT2D eigenvalue weighted by molar-refractivity contribution is 7.72. The SMILES string of the molecule is O=P(O)(O)C(O)(Cn1cnc(CCCc2ccccc2)c1)P(=O)(O)O. The monoisotopic (exact) mass is 390 g/mol. The third-order valence-corrected chi connectivity index (χ3v) is 7.47. The van der Waals surface area contributed by atoms with Gasteiger partial charge in [0, 0.05) is 6.20 Å². The van der Waals surface area contributed by atoms with Crippen molar-refractivity contribution < 1.29 is 33.8 Å². The zero-order valence-corrected chi connectivity index (χ0v) is 15.0. The molecule has 0 spiro atoms. The molecular weight excluding hydrogens is 370 g/mol. The molecule has 0 aliphatic heterocycles. The molecule has 0 aliphatic carbocycles. The summed E-state index contributed by atoms with van der Waals surface area (Å²) in [4.78, 5) is 40.6. The Morgan fingerprint density at radius 2 is 1.60 bits per heavy atom. The van der Waals surface area contributed by atoms with Crippen LogP contribution in [0.15, 0.2) is 42.9 Å². The van der Waals surface area contributed by atoms with Gasteiger partial charge in [0.05, 0.1) is 18.6 Å². The fraction of sp³-hybridized carbons (Fsp3) is 0.357. The van der Waals surface area contributed by atoms with Gasteiger partial charge >= 0.3 is 15.2 Å². The van der Waals surface area contributed by atoms with E-state index < -0.39 is 26.8 Å². The largest absolute Gasteiger partial charge is 0.371 e. The average Bonchev–Trinajstić information content (AvgIpc) is 2.93. The first-order valence-electron chi connectivity index (χ1n) is 7.41. The first-order valence-corrected chi connectivity index (χ1v) is 10.6. The summed E-state index contributed by atoms with van der Waals surface area (Å²) in [6, 6.07) is 9.80. The van der Waals surface area contributed by atoms with Crippen molar-refractivity contribution in [1.82, 2.24) is 9.55 Å². The van der Waals surface area contributed by atoms with Crippen LogP contribution in [-0.4, -0.2) is 39.3 Å². The van der Waals surface area contributed by atoms with Crippen molar-refractivity contribution in [2.45, 2.75) is 30.9 Å².